The molecule has 1 aromatic carbocycles. The van der Waals surface area contributed by atoms with E-state index in [0.717, 1.165) is 24.8 Å². The van der Waals surface area contributed by atoms with Gasteiger partial charge in [0.05, 0.1) is 12.2 Å². The van der Waals surface area contributed by atoms with E-state index in [9.17, 15) is 5.11 Å². The molecule has 1 aromatic rings. The second-order valence-corrected chi connectivity index (χ2v) is 5.85. The van der Waals surface area contributed by atoms with Gasteiger partial charge in [0.2, 0.25) is 0 Å². The summed E-state index contributed by atoms with van der Waals surface area (Å²) in [6, 6.07) is 8.29. The summed E-state index contributed by atoms with van der Waals surface area (Å²) in [4.78, 5) is 0. The first-order chi connectivity index (χ1) is 8.56. The van der Waals surface area contributed by atoms with Crippen LogP contribution in [0.2, 0.25) is 0 Å². The molecule has 0 saturated carbocycles. The third-order valence-electron chi connectivity index (χ3n) is 3.55. The molecule has 0 radical (unpaired) electrons. The molecule has 0 bridgehead atoms. The van der Waals surface area contributed by atoms with Crippen molar-refractivity contribution in [1.82, 2.24) is 0 Å². The van der Waals surface area contributed by atoms with Crippen LogP contribution in [0.25, 0.3) is 0 Å². The average molecular weight is 248 g/mol. The van der Waals surface area contributed by atoms with E-state index in [1.807, 2.05) is 12.1 Å². The van der Waals surface area contributed by atoms with E-state index in [1.54, 1.807) is 0 Å². The number of benzene rings is 1. The SMILES string of the molecule is CC(C)Cc1cccc(C(O)C2CCC(C)O2)c1. The summed E-state index contributed by atoms with van der Waals surface area (Å²) < 4.78 is 5.75. The molecule has 100 valence electrons. The van der Waals surface area contributed by atoms with Crippen molar-refractivity contribution in [3.05, 3.63) is 35.4 Å². The van der Waals surface area contributed by atoms with Crippen molar-refractivity contribution < 1.29 is 9.84 Å². The molecule has 0 aliphatic carbocycles. The van der Waals surface area contributed by atoms with Gasteiger partial charge in [-0.1, -0.05) is 38.1 Å². The summed E-state index contributed by atoms with van der Waals surface area (Å²) in [7, 11) is 0. The van der Waals surface area contributed by atoms with Crippen LogP contribution in [0.15, 0.2) is 24.3 Å². The smallest absolute Gasteiger partial charge is 0.105 e. The lowest BCUT2D eigenvalue weighted by molar-refractivity contribution is -0.0297. The Morgan fingerprint density at radius 1 is 1.33 bits per heavy atom. The van der Waals surface area contributed by atoms with Gasteiger partial charge in [-0.15, -0.1) is 0 Å². The second kappa shape index (κ2) is 5.85. The second-order valence-electron chi connectivity index (χ2n) is 5.85. The van der Waals surface area contributed by atoms with E-state index in [2.05, 4.69) is 32.9 Å². The zero-order valence-electron chi connectivity index (χ0n) is 11.6. The maximum atomic E-state index is 10.4. The van der Waals surface area contributed by atoms with Crippen molar-refractivity contribution in [3.8, 4) is 0 Å². The summed E-state index contributed by atoms with van der Waals surface area (Å²) in [6.07, 6.45) is 2.83. The number of hydrogen-bond donors (Lipinski definition) is 1. The molecule has 1 saturated heterocycles. The molecule has 2 rings (SSSR count). The van der Waals surface area contributed by atoms with E-state index in [4.69, 9.17) is 4.74 Å². The third-order valence-corrected chi connectivity index (χ3v) is 3.55. The van der Waals surface area contributed by atoms with Gasteiger partial charge in [0.15, 0.2) is 0 Å². The minimum absolute atomic E-state index is 0.0331. The van der Waals surface area contributed by atoms with Gasteiger partial charge in [0.25, 0.3) is 0 Å². The first-order valence-electron chi connectivity index (χ1n) is 6.98. The molecule has 2 nitrogen and oxygen atoms in total. The molecule has 18 heavy (non-hydrogen) atoms. The Morgan fingerprint density at radius 3 is 2.72 bits per heavy atom. The normalized spacial score (nSPS) is 25.6. The molecule has 0 amide bonds. The molecule has 0 spiro atoms. The van der Waals surface area contributed by atoms with Crippen molar-refractivity contribution in [2.75, 3.05) is 0 Å². The highest BCUT2D eigenvalue weighted by Crippen LogP contribution is 2.30. The molecule has 2 heteroatoms. The summed E-state index contributed by atoms with van der Waals surface area (Å²) >= 11 is 0. The minimum Gasteiger partial charge on any atom is -0.386 e. The van der Waals surface area contributed by atoms with E-state index >= 15 is 0 Å². The Bertz CT molecular complexity index is 386. The van der Waals surface area contributed by atoms with Crippen molar-refractivity contribution in [3.63, 3.8) is 0 Å². The highest BCUT2D eigenvalue weighted by molar-refractivity contribution is 5.26. The number of rotatable bonds is 4. The minimum atomic E-state index is -0.484. The fourth-order valence-electron chi connectivity index (χ4n) is 2.66. The maximum Gasteiger partial charge on any atom is 0.105 e. The summed E-state index contributed by atoms with van der Waals surface area (Å²) in [6.45, 7) is 6.50. The number of hydrogen-bond acceptors (Lipinski definition) is 2. The molecule has 3 unspecified atom stereocenters. The zero-order valence-corrected chi connectivity index (χ0v) is 11.6. The molecule has 1 N–H and O–H groups in total. The van der Waals surface area contributed by atoms with Gasteiger partial charge in [-0.05, 0) is 43.2 Å². The topological polar surface area (TPSA) is 29.5 Å². The van der Waals surface area contributed by atoms with Crippen molar-refractivity contribution in [2.24, 2.45) is 5.92 Å². The first-order valence-corrected chi connectivity index (χ1v) is 6.98. The fraction of sp³-hybridized carbons (Fsp3) is 0.625. The van der Waals surface area contributed by atoms with Crippen LogP contribution in [0.4, 0.5) is 0 Å². The standard InChI is InChI=1S/C16H24O2/c1-11(2)9-13-5-4-6-14(10-13)16(17)15-8-7-12(3)18-15/h4-6,10-12,15-17H,7-9H2,1-3H3. The Labute approximate surface area is 110 Å². The van der Waals surface area contributed by atoms with Gasteiger partial charge in [0.1, 0.15) is 6.10 Å². The molecular weight excluding hydrogens is 224 g/mol. The summed E-state index contributed by atoms with van der Waals surface area (Å²) in [5.41, 5.74) is 2.29. The Kier molecular flexibility index (Phi) is 4.41. The van der Waals surface area contributed by atoms with Crippen molar-refractivity contribution in [2.45, 2.75) is 58.3 Å². The van der Waals surface area contributed by atoms with Crippen LogP contribution in [0.3, 0.4) is 0 Å². The van der Waals surface area contributed by atoms with Crippen molar-refractivity contribution >= 4 is 0 Å². The zero-order chi connectivity index (χ0) is 13.1. The molecular formula is C16H24O2. The molecule has 3 atom stereocenters. The lowest BCUT2D eigenvalue weighted by Gasteiger charge is -2.19. The van der Waals surface area contributed by atoms with Gasteiger partial charge in [-0.25, -0.2) is 0 Å². The molecule has 0 aromatic heterocycles. The van der Waals surface area contributed by atoms with Crippen LogP contribution in [-0.2, 0) is 11.2 Å². The Hall–Kier alpha value is -0.860. The van der Waals surface area contributed by atoms with Gasteiger partial charge in [-0.2, -0.15) is 0 Å². The van der Waals surface area contributed by atoms with Crippen LogP contribution in [0.1, 0.15) is 50.8 Å². The third kappa shape index (κ3) is 3.33. The Morgan fingerprint density at radius 2 is 2.11 bits per heavy atom. The number of aliphatic hydroxyl groups is 1. The average Bonchev–Trinajstić information content (AvgIpc) is 2.74. The molecule has 1 fully saturated rings. The summed E-state index contributed by atoms with van der Waals surface area (Å²) in [5.74, 6) is 0.639. The van der Waals surface area contributed by atoms with E-state index in [1.165, 1.54) is 5.56 Å². The fourth-order valence-corrected chi connectivity index (χ4v) is 2.66. The highest BCUT2D eigenvalue weighted by atomic mass is 16.5. The van der Waals surface area contributed by atoms with E-state index < -0.39 is 6.10 Å². The Balaban J connectivity index is 2.07. The van der Waals surface area contributed by atoms with Crippen LogP contribution in [0, 0.1) is 5.92 Å². The van der Waals surface area contributed by atoms with Crippen LogP contribution in [0.5, 0.6) is 0 Å². The largest absolute Gasteiger partial charge is 0.386 e. The van der Waals surface area contributed by atoms with E-state index in [0.29, 0.717) is 5.92 Å². The predicted octanol–water partition coefficient (Wildman–Crippen LogP) is 3.49. The lowest BCUT2D eigenvalue weighted by atomic mass is 9.96. The maximum absolute atomic E-state index is 10.4. The van der Waals surface area contributed by atoms with Gasteiger partial charge < -0.3 is 9.84 Å². The quantitative estimate of drug-likeness (QED) is 0.884. The van der Waals surface area contributed by atoms with Crippen molar-refractivity contribution in [1.29, 1.82) is 0 Å². The molecule has 1 aliphatic rings. The monoisotopic (exact) mass is 248 g/mol. The van der Waals surface area contributed by atoms with Crippen LogP contribution < -0.4 is 0 Å². The van der Waals surface area contributed by atoms with Crippen LogP contribution >= 0.6 is 0 Å². The number of ether oxygens (including phenoxy) is 1. The van der Waals surface area contributed by atoms with Gasteiger partial charge in [-0.3, -0.25) is 0 Å². The molecule has 1 aliphatic heterocycles. The predicted molar refractivity (Wildman–Crippen MR) is 73.5 cm³/mol. The highest BCUT2D eigenvalue weighted by Gasteiger charge is 2.29. The summed E-state index contributed by atoms with van der Waals surface area (Å²) in [5, 5.41) is 10.4. The van der Waals surface area contributed by atoms with E-state index in [-0.39, 0.29) is 12.2 Å². The number of aliphatic hydroxyl groups excluding tert-OH is 1. The van der Waals surface area contributed by atoms with Gasteiger partial charge >= 0.3 is 0 Å². The lowest BCUT2D eigenvalue weighted by Crippen LogP contribution is -2.18. The van der Waals surface area contributed by atoms with Crippen LogP contribution in [-0.4, -0.2) is 17.3 Å². The first kappa shape index (κ1) is 13.6. The van der Waals surface area contributed by atoms with Gasteiger partial charge in [0, 0.05) is 0 Å². The molecule has 1 heterocycles.